The number of H-pyrrole nitrogens is 1. The van der Waals surface area contributed by atoms with E-state index in [0.717, 1.165) is 32.2 Å². The minimum Gasteiger partial charge on any atom is -0.379 e. The highest BCUT2D eigenvalue weighted by Gasteiger charge is 2.26. The molecule has 0 radical (unpaired) electrons. The van der Waals surface area contributed by atoms with Crippen LogP contribution in [0.5, 0.6) is 0 Å². The number of nitrogens with zero attached hydrogens (tertiary/aromatic N) is 4. The largest absolute Gasteiger partial charge is 0.379 e. The Labute approximate surface area is 238 Å². The Kier molecular flexibility index (Phi) is 7.32. The lowest BCUT2D eigenvalue weighted by Gasteiger charge is -2.26. The zero-order valence-corrected chi connectivity index (χ0v) is 23.9. The van der Waals surface area contributed by atoms with Crippen molar-refractivity contribution in [1.82, 2.24) is 14.0 Å². The van der Waals surface area contributed by atoms with Gasteiger partial charge in [-0.05, 0) is 42.5 Å². The first-order chi connectivity index (χ1) is 19.0. The quantitative estimate of drug-likeness (QED) is 0.250. The molecule has 2 aromatic heterocycles. The van der Waals surface area contributed by atoms with Gasteiger partial charge in [0.05, 0.1) is 35.7 Å². The highest BCUT2D eigenvalue weighted by atomic mass is 79.9. The van der Waals surface area contributed by atoms with Crippen molar-refractivity contribution in [2.75, 3.05) is 26.3 Å². The van der Waals surface area contributed by atoms with Gasteiger partial charge >= 0.3 is 0 Å². The molecule has 0 spiro atoms. The van der Waals surface area contributed by atoms with E-state index in [9.17, 15) is 8.42 Å². The molecule has 198 valence electrons. The van der Waals surface area contributed by atoms with Gasteiger partial charge in [-0.15, -0.1) is 11.3 Å². The molecule has 8 nitrogen and oxygen atoms in total. The zero-order chi connectivity index (χ0) is 26.8. The Morgan fingerprint density at radius 3 is 2.49 bits per heavy atom. The summed E-state index contributed by atoms with van der Waals surface area (Å²) in [5.74, 6) is 0. The number of morpholine rings is 1. The number of benzene rings is 3. The summed E-state index contributed by atoms with van der Waals surface area (Å²) in [6.07, 6.45) is 3.76. The van der Waals surface area contributed by atoms with Gasteiger partial charge in [0.25, 0.3) is 0 Å². The van der Waals surface area contributed by atoms with Crippen LogP contribution in [0.15, 0.2) is 104 Å². The summed E-state index contributed by atoms with van der Waals surface area (Å²) in [5.41, 5.74) is 4.54. The van der Waals surface area contributed by atoms with E-state index < -0.39 is 10.0 Å². The summed E-state index contributed by atoms with van der Waals surface area (Å²) in [6.45, 7) is 1.53. The lowest BCUT2D eigenvalue weighted by atomic mass is 10.2. The maximum atomic E-state index is 13.0. The smallest absolute Gasteiger partial charge is 0.243 e. The lowest BCUT2D eigenvalue weighted by Crippen LogP contribution is -2.40. The third-order valence-electron chi connectivity index (χ3n) is 6.43. The van der Waals surface area contributed by atoms with E-state index in [1.807, 2.05) is 64.9 Å². The molecule has 1 saturated heterocycles. The van der Waals surface area contributed by atoms with Crippen LogP contribution in [0.1, 0.15) is 5.56 Å². The van der Waals surface area contributed by atoms with Crippen molar-refractivity contribution in [3.8, 4) is 11.3 Å². The van der Waals surface area contributed by atoms with Gasteiger partial charge in [0.1, 0.15) is 0 Å². The van der Waals surface area contributed by atoms with E-state index >= 15 is 0 Å². The van der Waals surface area contributed by atoms with Crippen LogP contribution in [0, 0.1) is 0 Å². The summed E-state index contributed by atoms with van der Waals surface area (Å²) in [4.78, 5) is 9.01. The molecule has 39 heavy (non-hydrogen) atoms. The first-order valence-electron chi connectivity index (χ1n) is 12.3. The first-order valence-corrected chi connectivity index (χ1v) is 15.4. The molecule has 0 amide bonds. The number of aromatic nitrogens is 2. The second kappa shape index (κ2) is 11.0. The van der Waals surface area contributed by atoms with Crippen LogP contribution in [-0.2, 0) is 14.8 Å². The van der Waals surface area contributed by atoms with E-state index in [2.05, 4.69) is 27.0 Å². The van der Waals surface area contributed by atoms with Gasteiger partial charge in [0.2, 0.25) is 14.8 Å². The first kappa shape index (κ1) is 25.9. The van der Waals surface area contributed by atoms with Crippen LogP contribution in [-0.4, -0.2) is 54.9 Å². The molecule has 0 saturated carbocycles. The number of nitrogens with one attached hydrogen (secondary N) is 1. The van der Waals surface area contributed by atoms with Crippen molar-refractivity contribution in [3.63, 3.8) is 0 Å². The number of halogens is 1. The highest BCUT2D eigenvalue weighted by Crippen LogP contribution is 2.25. The fraction of sp³-hybridized carbons (Fsp3) is 0.143. The van der Waals surface area contributed by atoms with Crippen molar-refractivity contribution in [1.29, 1.82) is 0 Å². The SMILES string of the molecule is O=S(=O)(c1ccc(N=c2scc(-c3ccc(Br)cc3)n2N=Cc2c[nH]c3ccccc23)cc1)N1CCOCC1. The van der Waals surface area contributed by atoms with Crippen LogP contribution < -0.4 is 4.80 Å². The Balaban J connectivity index is 1.38. The molecule has 0 bridgehead atoms. The minimum atomic E-state index is -3.57. The van der Waals surface area contributed by atoms with Crippen molar-refractivity contribution in [2.24, 2.45) is 10.1 Å². The molecule has 3 heterocycles. The minimum absolute atomic E-state index is 0.246. The van der Waals surface area contributed by atoms with Crippen LogP contribution in [0.2, 0.25) is 0 Å². The fourth-order valence-corrected chi connectivity index (χ4v) is 6.90. The molecular weight excluding hydrogens is 598 g/mol. The Hall–Kier alpha value is -3.35. The second-order valence-electron chi connectivity index (χ2n) is 8.88. The average molecular weight is 623 g/mol. The van der Waals surface area contributed by atoms with Gasteiger partial charge < -0.3 is 9.72 Å². The fourth-order valence-electron chi connectivity index (χ4n) is 4.37. The van der Waals surface area contributed by atoms with Gasteiger partial charge in [-0.1, -0.05) is 46.3 Å². The number of ether oxygens (including phenoxy) is 1. The molecule has 11 heteroatoms. The van der Waals surface area contributed by atoms with E-state index in [4.69, 9.17) is 14.8 Å². The number of fused-ring (bicyclic) bond motifs is 1. The molecule has 1 aliphatic rings. The van der Waals surface area contributed by atoms with Gasteiger partial charge in [-0.2, -0.15) is 9.41 Å². The van der Waals surface area contributed by atoms with Crippen LogP contribution in [0.3, 0.4) is 0 Å². The third kappa shape index (κ3) is 5.41. The monoisotopic (exact) mass is 621 g/mol. The molecule has 0 unspecified atom stereocenters. The summed E-state index contributed by atoms with van der Waals surface area (Å²) in [6, 6.07) is 22.8. The molecular formula is C28H24BrN5O3S2. The zero-order valence-electron chi connectivity index (χ0n) is 20.7. The van der Waals surface area contributed by atoms with Gasteiger partial charge in [0.15, 0.2) is 0 Å². The van der Waals surface area contributed by atoms with Gasteiger partial charge in [-0.25, -0.2) is 18.1 Å². The van der Waals surface area contributed by atoms with Crippen molar-refractivity contribution >= 4 is 60.1 Å². The number of rotatable bonds is 6. The predicted octanol–water partition coefficient (Wildman–Crippen LogP) is 5.60. The normalized spacial score (nSPS) is 15.5. The summed E-state index contributed by atoms with van der Waals surface area (Å²) >= 11 is 4.97. The summed E-state index contributed by atoms with van der Waals surface area (Å²) in [7, 11) is -3.57. The maximum Gasteiger partial charge on any atom is 0.243 e. The number of thiazole rings is 1. The van der Waals surface area contributed by atoms with Crippen LogP contribution >= 0.6 is 27.3 Å². The standard InChI is InChI=1S/C28H24BrN5O3S2/c29-22-7-5-20(6-8-22)27-19-38-28(34(27)31-18-21-17-30-26-4-2-1-3-25(21)26)32-23-9-11-24(12-10-23)39(35,36)33-13-15-37-16-14-33/h1-12,17-19,30H,13-16H2. The Morgan fingerprint density at radius 1 is 0.974 bits per heavy atom. The molecule has 6 rings (SSSR count). The van der Waals surface area contributed by atoms with E-state index in [0.29, 0.717) is 36.8 Å². The third-order valence-corrected chi connectivity index (χ3v) is 9.69. The average Bonchev–Trinajstić information content (AvgIpc) is 3.57. The predicted molar refractivity (Wildman–Crippen MR) is 158 cm³/mol. The lowest BCUT2D eigenvalue weighted by molar-refractivity contribution is 0.0730. The molecule has 1 N–H and O–H groups in total. The van der Waals surface area contributed by atoms with E-state index in [-0.39, 0.29) is 4.90 Å². The Morgan fingerprint density at radius 2 is 1.72 bits per heavy atom. The summed E-state index contributed by atoms with van der Waals surface area (Å²) in [5, 5.41) is 7.93. The van der Waals surface area contributed by atoms with E-state index in [1.165, 1.54) is 15.6 Å². The molecule has 1 aliphatic heterocycles. The van der Waals surface area contributed by atoms with Crippen molar-refractivity contribution < 1.29 is 13.2 Å². The maximum absolute atomic E-state index is 13.0. The molecule has 1 fully saturated rings. The topological polar surface area (TPSA) is 92.0 Å². The van der Waals surface area contributed by atoms with Crippen molar-refractivity contribution in [2.45, 2.75) is 4.90 Å². The van der Waals surface area contributed by atoms with Crippen LogP contribution in [0.4, 0.5) is 5.69 Å². The molecule has 0 atom stereocenters. The molecule has 5 aromatic rings. The number of para-hydroxylation sites is 1. The number of sulfonamides is 1. The van der Waals surface area contributed by atoms with Gasteiger partial charge in [0, 0.05) is 51.2 Å². The number of hydrogen-bond acceptors (Lipinski definition) is 6. The van der Waals surface area contributed by atoms with Crippen LogP contribution in [0.25, 0.3) is 22.2 Å². The highest BCUT2D eigenvalue weighted by molar-refractivity contribution is 9.10. The number of hydrogen-bond donors (Lipinski definition) is 1. The second-order valence-corrected chi connectivity index (χ2v) is 12.6. The Bertz CT molecular complexity index is 1820. The summed E-state index contributed by atoms with van der Waals surface area (Å²) < 4.78 is 35.6. The molecule has 3 aromatic carbocycles. The van der Waals surface area contributed by atoms with Crippen molar-refractivity contribution in [3.05, 3.63) is 99.2 Å². The molecule has 0 aliphatic carbocycles. The number of aromatic amines is 1. The van der Waals surface area contributed by atoms with Gasteiger partial charge in [-0.3, -0.25) is 0 Å². The van der Waals surface area contributed by atoms with E-state index in [1.54, 1.807) is 24.3 Å².